The van der Waals surface area contributed by atoms with Crippen molar-refractivity contribution in [3.8, 4) is 5.75 Å². The number of benzene rings is 2. The number of ether oxygens (including phenoxy) is 2. The second-order valence-corrected chi connectivity index (χ2v) is 9.25. The smallest absolute Gasteiger partial charge is 0.338 e. The molecule has 0 heterocycles. The molecular formula is C26H38N2O3. The summed E-state index contributed by atoms with van der Waals surface area (Å²) in [7, 11) is 0. The van der Waals surface area contributed by atoms with E-state index in [0.717, 1.165) is 41.7 Å². The fraction of sp³-hybridized carbons (Fsp3) is 0.500. The van der Waals surface area contributed by atoms with Gasteiger partial charge in [-0.05, 0) is 87.9 Å². The summed E-state index contributed by atoms with van der Waals surface area (Å²) >= 11 is 0. The Hall–Kier alpha value is -2.37. The van der Waals surface area contributed by atoms with E-state index < -0.39 is 11.1 Å². The number of carbonyl (C=O) groups is 1. The van der Waals surface area contributed by atoms with Crippen LogP contribution in [0.25, 0.3) is 0 Å². The van der Waals surface area contributed by atoms with E-state index in [1.807, 2.05) is 52.0 Å². The first-order chi connectivity index (χ1) is 14.5. The van der Waals surface area contributed by atoms with E-state index in [4.69, 9.17) is 20.9 Å². The molecule has 5 heteroatoms. The van der Waals surface area contributed by atoms with Crippen LogP contribution in [0.4, 0.5) is 0 Å². The molecule has 0 saturated heterocycles. The highest BCUT2D eigenvalue weighted by molar-refractivity contribution is 5.89. The Morgan fingerprint density at radius 2 is 1.58 bits per heavy atom. The van der Waals surface area contributed by atoms with Gasteiger partial charge in [0.25, 0.3) is 0 Å². The summed E-state index contributed by atoms with van der Waals surface area (Å²) < 4.78 is 11.1. The molecule has 2 aromatic carbocycles. The van der Waals surface area contributed by atoms with Crippen LogP contribution in [0.15, 0.2) is 42.5 Å². The summed E-state index contributed by atoms with van der Waals surface area (Å²) in [5, 5.41) is 0. The van der Waals surface area contributed by atoms with Gasteiger partial charge in [-0.15, -0.1) is 0 Å². The molecule has 0 radical (unpaired) electrons. The van der Waals surface area contributed by atoms with Crippen LogP contribution in [0, 0.1) is 0 Å². The van der Waals surface area contributed by atoms with Gasteiger partial charge in [0.1, 0.15) is 5.75 Å². The van der Waals surface area contributed by atoms with Crippen molar-refractivity contribution >= 4 is 5.97 Å². The Morgan fingerprint density at radius 3 is 2.16 bits per heavy atom. The number of aryl methyl sites for hydroxylation is 1. The minimum absolute atomic E-state index is 0.323. The third-order valence-electron chi connectivity index (χ3n) is 5.17. The van der Waals surface area contributed by atoms with Gasteiger partial charge in [0.15, 0.2) is 0 Å². The molecule has 2 aromatic rings. The normalized spacial score (nSPS) is 12.0. The molecule has 0 aliphatic carbocycles. The summed E-state index contributed by atoms with van der Waals surface area (Å²) in [5.74, 6) is 0.445. The fourth-order valence-corrected chi connectivity index (χ4v) is 3.64. The van der Waals surface area contributed by atoms with Crippen molar-refractivity contribution in [1.82, 2.24) is 0 Å². The average molecular weight is 427 g/mol. The van der Waals surface area contributed by atoms with Crippen LogP contribution in [-0.4, -0.2) is 19.2 Å². The molecule has 31 heavy (non-hydrogen) atoms. The lowest BCUT2D eigenvalue weighted by Crippen LogP contribution is -2.38. The van der Waals surface area contributed by atoms with Crippen molar-refractivity contribution in [1.29, 1.82) is 0 Å². The first kappa shape index (κ1) is 24.9. The van der Waals surface area contributed by atoms with Gasteiger partial charge in [-0.25, -0.2) is 4.79 Å². The van der Waals surface area contributed by atoms with Crippen molar-refractivity contribution < 1.29 is 14.3 Å². The average Bonchev–Trinajstić information content (AvgIpc) is 2.70. The van der Waals surface area contributed by atoms with Gasteiger partial charge in [0.05, 0.1) is 18.8 Å². The molecule has 0 aliphatic rings. The summed E-state index contributed by atoms with van der Waals surface area (Å²) in [6, 6.07) is 13.2. The van der Waals surface area contributed by atoms with Gasteiger partial charge in [0.2, 0.25) is 0 Å². The van der Waals surface area contributed by atoms with E-state index in [0.29, 0.717) is 25.2 Å². The standard InChI is InChI=1S/C26H38N2O3/c1-6-7-17-30-21-15-13-20(14-16-21)24(29)31-18-9-11-19-10-8-12-22(25(2,3)27)23(19)26(4,5)28/h8,10,12-16H,6-7,9,11,17-18,27-28H2,1-5H3. The first-order valence-corrected chi connectivity index (χ1v) is 11.1. The van der Waals surface area contributed by atoms with E-state index >= 15 is 0 Å². The largest absolute Gasteiger partial charge is 0.494 e. The van der Waals surface area contributed by atoms with E-state index in [2.05, 4.69) is 13.0 Å². The SMILES string of the molecule is CCCCOc1ccc(C(=O)OCCCc2cccc(C(C)(C)N)c2C(C)(C)N)cc1. The summed E-state index contributed by atoms with van der Waals surface area (Å²) in [5.41, 5.74) is 15.7. The van der Waals surface area contributed by atoms with Crippen molar-refractivity contribution in [3.05, 3.63) is 64.7 Å². The number of nitrogens with two attached hydrogens (primary N) is 2. The molecule has 0 aromatic heterocycles. The lowest BCUT2D eigenvalue weighted by molar-refractivity contribution is 0.0500. The van der Waals surface area contributed by atoms with Crippen molar-refractivity contribution in [2.75, 3.05) is 13.2 Å². The highest BCUT2D eigenvalue weighted by Crippen LogP contribution is 2.32. The minimum atomic E-state index is -0.514. The quantitative estimate of drug-likeness (QED) is 0.388. The number of unbranched alkanes of at least 4 members (excludes halogenated alkanes) is 1. The summed E-state index contributed by atoms with van der Waals surface area (Å²) in [6.45, 7) is 11.1. The van der Waals surface area contributed by atoms with Gasteiger partial charge < -0.3 is 20.9 Å². The predicted octanol–water partition coefficient (Wildman–Crippen LogP) is 5.04. The van der Waals surface area contributed by atoms with Crippen LogP contribution in [0.2, 0.25) is 0 Å². The molecule has 0 bridgehead atoms. The minimum Gasteiger partial charge on any atom is -0.494 e. The van der Waals surface area contributed by atoms with E-state index in [1.54, 1.807) is 12.1 Å². The highest BCUT2D eigenvalue weighted by Gasteiger charge is 2.27. The Labute approximate surface area is 187 Å². The Balaban J connectivity index is 1.95. The first-order valence-electron chi connectivity index (χ1n) is 11.1. The monoisotopic (exact) mass is 426 g/mol. The number of rotatable bonds is 11. The molecule has 170 valence electrons. The molecule has 0 spiro atoms. The molecule has 5 nitrogen and oxygen atoms in total. The van der Waals surface area contributed by atoms with Crippen molar-refractivity contribution in [2.45, 2.75) is 71.4 Å². The van der Waals surface area contributed by atoms with E-state index in [1.165, 1.54) is 0 Å². The van der Waals surface area contributed by atoms with Crippen LogP contribution in [0.5, 0.6) is 5.75 Å². The third kappa shape index (κ3) is 7.37. The molecule has 4 N–H and O–H groups in total. The number of esters is 1. The zero-order valence-corrected chi connectivity index (χ0v) is 19.7. The lowest BCUT2D eigenvalue weighted by Gasteiger charge is -2.32. The Morgan fingerprint density at radius 1 is 0.903 bits per heavy atom. The van der Waals surface area contributed by atoms with Gasteiger partial charge in [-0.2, -0.15) is 0 Å². The predicted molar refractivity (Wildman–Crippen MR) is 126 cm³/mol. The Kier molecular flexibility index (Phi) is 8.66. The van der Waals surface area contributed by atoms with E-state index in [9.17, 15) is 4.79 Å². The van der Waals surface area contributed by atoms with Gasteiger partial charge in [0, 0.05) is 11.1 Å². The zero-order chi connectivity index (χ0) is 23.1. The van der Waals surface area contributed by atoms with E-state index in [-0.39, 0.29) is 5.97 Å². The summed E-state index contributed by atoms with van der Waals surface area (Å²) in [6.07, 6.45) is 3.57. The zero-order valence-electron chi connectivity index (χ0n) is 19.7. The topological polar surface area (TPSA) is 87.6 Å². The number of hydrogen-bond acceptors (Lipinski definition) is 5. The lowest BCUT2D eigenvalue weighted by atomic mass is 9.79. The molecule has 0 saturated carbocycles. The molecule has 0 unspecified atom stereocenters. The van der Waals surface area contributed by atoms with Crippen molar-refractivity contribution in [2.24, 2.45) is 11.5 Å². The molecule has 0 atom stereocenters. The highest BCUT2D eigenvalue weighted by atomic mass is 16.5. The van der Waals surface area contributed by atoms with Crippen molar-refractivity contribution in [3.63, 3.8) is 0 Å². The van der Waals surface area contributed by atoms with Crippen LogP contribution in [0.1, 0.15) is 80.9 Å². The number of hydrogen-bond donors (Lipinski definition) is 2. The fourth-order valence-electron chi connectivity index (χ4n) is 3.64. The number of carbonyl (C=O) groups excluding carboxylic acids is 1. The third-order valence-corrected chi connectivity index (χ3v) is 5.17. The van der Waals surface area contributed by atoms with Crippen LogP contribution < -0.4 is 16.2 Å². The van der Waals surface area contributed by atoms with Gasteiger partial charge in [-0.3, -0.25) is 0 Å². The maximum Gasteiger partial charge on any atom is 0.338 e. The maximum atomic E-state index is 12.3. The molecule has 0 amide bonds. The molecule has 2 rings (SSSR count). The van der Waals surface area contributed by atoms with Gasteiger partial charge >= 0.3 is 5.97 Å². The second kappa shape index (κ2) is 10.8. The second-order valence-electron chi connectivity index (χ2n) is 9.25. The van der Waals surface area contributed by atoms with Gasteiger partial charge in [-0.1, -0.05) is 31.5 Å². The maximum absolute atomic E-state index is 12.3. The molecular weight excluding hydrogens is 388 g/mol. The van der Waals surface area contributed by atoms with Crippen LogP contribution in [0.3, 0.4) is 0 Å². The molecule has 0 fully saturated rings. The van der Waals surface area contributed by atoms with Crippen LogP contribution in [-0.2, 0) is 22.2 Å². The molecule has 0 aliphatic heterocycles. The Bertz CT molecular complexity index is 846. The summed E-state index contributed by atoms with van der Waals surface area (Å²) in [4.78, 5) is 12.3. The van der Waals surface area contributed by atoms with Crippen LogP contribution >= 0.6 is 0 Å².